The molecule has 0 spiro atoms. The van der Waals surface area contributed by atoms with Crippen molar-refractivity contribution in [3.05, 3.63) is 65.7 Å². The molecule has 0 unspecified atom stereocenters. The van der Waals surface area contributed by atoms with E-state index in [1.807, 2.05) is 0 Å². The summed E-state index contributed by atoms with van der Waals surface area (Å²) in [7, 11) is -2.36. The number of para-hydroxylation sites is 1. The van der Waals surface area contributed by atoms with Gasteiger partial charge >= 0.3 is 0 Å². The highest BCUT2D eigenvalue weighted by atomic mass is 32.2. The number of hydrogen-bond donors (Lipinski definition) is 2. The molecule has 140 valence electrons. The van der Waals surface area contributed by atoms with E-state index in [-0.39, 0.29) is 16.0 Å². The van der Waals surface area contributed by atoms with Crippen LogP contribution in [0.15, 0.2) is 58.9 Å². The largest absolute Gasteiger partial charge is 0.496 e. The van der Waals surface area contributed by atoms with Crippen LogP contribution in [-0.2, 0) is 16.6 Å². The zero-order chi connectivity index (χ0) is 19.3. The highest BCUT2D eigenvalue weighted by Crippen LogP contribution is 2.22. The minimum Gasteiger partial charge on any atom is -0.496 e. The van der Waals surface area contributed by atoms with Gasteiger partial charge in [0.05, 0.1) is 7.11 Å². The molecule has 27 heavy (non-hydrogen) atoms. The molecule has 0 bridgehead atoms. The minimum atomic E-state index is -3.87. The quantitative estimate of drug-likeness (QED) is 0.585. The number of hydrogen-bond acceptors (Lipinski definition) is 7. The number of sulfonamides is 1. The molecule has 0 saturated carbocycles. The first-order chi connectivity index (χ1) is 13.0. The summed E-state index contributed by atoms with van der Waals surface area (Å²) in [5, 5.41) is 10.0. The smallest absolute Gasteiger partial charge is 0.270 e. The summed E-state index contributed by atoms with van der Waals surface area (Å²) in [5.41, 5.74) is 1.12. The van der Waals surface area contributed by atoms with Crippen LogP contribution in [0.5, 0.6) is 5.75 Å². The highest BCUT2D eigenvalue weighted by molar-refractivity contribution is 7.91. The second kappa shape index (κ2) is 8.25. The Morgan fingerprint density at radius 1 is 1.07 bits per heavy atom. The zero-order valence-corrected chi connectivity index (χ0v) is 15.9. The summed E-state index contributed by atoms with van der Waals surface area (Å²) in [6, 6.07) is 15.6. The Labute approximate surface area is 160 Å². The summed E-state index contributed by atoms with van der Waals surface area (Å²) in [5.74, 6) is 0.186. The molecular formula is C17H16N4O4S2. The first-order valence-electron chi connectivity index (χ1n) is 7.81. The molecule has 1 aromatic heterocycles. The number of carbonyl (C=O) groups is 1. The normalized spacial score (nSPS) is 11.1. The van der Waals surface area contributed by atoms with Crippen LogP contribution in [0.2, 0.25) is 0 Å². The molecule has 0 radical (unpaired) electrons. The summed E-state index contributed by atoms with van der Waals surface area (Å²) in [4.78, 5) is 12.1. The van der Waals surface area contributed by atoms with Crippen molar-refractivity contribution < 1.29 is 17.9 Å². The molecule has 1 heterocycles. The van der Waals surface area contributed by atoms with Gasteiger partial charge in [0.25, 0.3) is 15.9 Å². The maximum Gasteiger partial charge on any atom is 0.270 e. The lowest BCUT2D eigenvalue weighted by atomic mass is 10.2. The van der Waals surface area contributed by atoms with Crippen molar-refractivity contribution in [1.82, 2.24) is 14.9 Å². The van der Waals surface area contributed by atoms with E-state index in [1.165, 1.54) is 7.11 Å². The maximum atomic E-state index is 12.4. The molecule has 3 rings (SSSR count). The van der Waals surface area contributed by atoms with Crippen molar-refractivity contribution in [2.75, 3.05) is 12.4 Å². The molecule has 10 heteroatoms. The van der Waals surface area contributed by atoms with Crippen LogP contribution >= 0.6 is 11.3 Å². The van der Waals surface area contributed by atoms with Crippen LogP contribution in [0.4, 0.5) is 5.13 Å². The minimum absolute atomic E-state index is 0.0393. The number of aromatic nitrogens is 2. The fourth-order valence-corrected chi connectivity index (χ4v) is 4.15. The van der Waals surface area contributed by atoms with Gasteiger partial charge in [-0.3, -0.25) is 10.1 Å². The van der Waals surface area contributed by atoms with E-state index in [2.05, 4.69) is 20.2 Å². The molecular weight excluding hydrogens is 388 g/mol. The lowest BCUT2D eigenvalue weighted by molar-refractivity contribution is 0.102. The van der Waals surface area contributed by atoms with Gasteiger partial charge in [-0.2, -0.15) is 0 Å². The van der Waals surface area contributed by atoms with E-state index in [9.17, 15) is 13.2 Å². The third-order valence-electron chi connectivity index (χ3n) is 3.54. The maximum absolute atomic E-state index is 12.4. The lowest BCUT2D eigenvalue weighted by Gasteiger charge is -2.08. The van der Waals surface area contributed by atoms with Crippen molar-refractivity contribution in [1.29, 1.82) is 0 Å². The van der Waals surface area contributed by atoms with Gasteiger partial charge in [-0.05, 0) is 18.2 Å². The molecule has 0 fully saturated rings. The molecule has 0 aliphatic rings. The molecule has 2 N–H and O–H groups in total. The Hall–Kier alpha value is -2.82. The van der Waals surface area contributed by atoms with Gasteiger partial charge in [0, 0.05) is 17.7 Å². The molecule has 0 atom stereocenters. The van der Waals surface area contributed by atoms with Gasteiger partial charge < -0.3 is 4.74 Å². The van der Waals surface area contributed by atoms with Crippen LogP contribution in [-0.4, -0.2) is 31.6 Å². The van der Waals surface area contributed by atoms with Gasteiger partial charge in [-0.15, -0.1) is 10.2 Å². The van der Waals surface area contributed by atoms with Crippen molar-refractivity contribution in [3.8, 4) is 5.75 Å². The average Bonchev–Trinajstić information content (AvgIpc) is 3.17. The monoisotopic (exact) mass is 404 g/mol. The number of anilines is 1. The number of nitrogens with zero attached hydrogens (tertiary/aromatic N) is 2. The summed E-state index contributed by atoms with van der Waals surface area (Å²) >= 11 is 0.772. The highest BCUT2D eigenvalue weighted by Gasteiger charge is 2.21. The second-order valence-corrected chi connectivity index (χ2v) is 8.25. The molecule has 0 aliphatic heterocycles. The predicted octanol–water partition coefficient (Wildman–Crippen LogP) is 2.28. The fourth-order valence-electron chi connectivity index (χ4n) is 2.21. The Balaban J connectivity index is 1.68. The van der Waals surface area contributed by atoms with Gasteiger partial charge in [-0.1, -0.05) is 47.7 Å². The standard InChI is InChI=1S/C17H16N4O4S2/c1-25-14-10-6-5-9-13(14)11-18-27(23,24)17-21-20-16(26-17)19-15(22)12-7-3-2-4-8-12/h2-10,18H,11H2,1H3,(H,19,20,22). The number of methoxy groups -OCH3 is 1. The Kier molecular flexibility index (Phi) is 5.79. The Morgan fingerprint density at radius 3 is 2.52 bits per heavy atom. The van der Waals surface area contributed by atoms with E-state index in [0.29, 0.717) is 16.9 Å². The van der Waals surface area contributed by atoms with Crippen molar-refractivity contribution in [2.24, 2.45) is 0 Å². The van der Waals surface area contributed by atoms with E-state index < -0.39 is 15.9 Å². The number of rotatable bonds is 7. The van der Waals surface area contributed by atoms with Crippen LogP contribution < -0.4 is 14.8 Å². The summed E-state index contributed by atoms with van der Waals surface area (Å²) in [6.07, 6.45) is 0. The van der Waals surface area contributed by atoms with E-state index in [4.69, 9.17) is 4.74 Å². The Morgan fingerprint density at radius 2 is 1.78 bits per heavy atom. The van der Waals surface area contributed by atoms with Crippen LogP contribution in [0.3, 0.4) is 0 Å². The van der Waals surface area contributed by atoms with Gasteiger partial charge in [0.15, 0.2) is 0 Å². The van der Waals surface area contributed by atoms with Crippen molar-refractivity contribution in [2.45, 2.75) is 10.9 Å². The van der Waals surface area contributed by atoms with Gasteiger partial charge in [0.2, 0.25) is 9.47 Å². The molecule has 0 saturated heterocycles. The second-order valence-electron chi connectivity index (χ2n) is 5.33. The van der Waals surface area contributed by atoms with E-state index in [1.54, 1.807) is 54.6 Å². The number of carbonyl (C=O) groups excluding carboxylic acids is 1. The van der Waals surface area contributed by atoms with Crippen LogP contribution in [0.25, 0.3) is 0 Å². The first-order valence-corrected chi connectivity index (χ1v) is 10.1. The number of benzene rings is 2. The third-order valence-corrected chi connectivity index (χ3v) is 6.15. The predicted molar refractivity (Wildman–Crippen MR) is 101 cm³/mol. The third kappa shape index (κ3) is 4.67. The van der Waals surface area contributed by atoms with E-state index >= 15 is 0 Å². The van der Waals surface area contributed by atoms with Crippen molar-refractivity contribution >= 4 is 32.4 Å². The molecule has 1 amide bonds. The van der Waals surface area contributed by atoms with Gasteiger partial charge in [0.1, 0.15) is 5.75 Å². The van der Waals surface area contributed by atoms with Gasteiger partial charge in [-0.25, -0.2) is 13.1 Å². The zero-order valence-electron chi connectivity index (χ0n) is 14.2. The van der Waals surface area contributed by atoms with Crippen LogP contribution in [0, 0.1) is 0 Å². The fraction of sp³-hybridized carbons (Fsp3) is 0.118. The molecule has 2 aromatic carbocycles. The lowest BCUT2D eigenvalue weighted by Crippen LogP contribution is -2.23. The SMILES string of the molecule is COc1ccccc1CNS(=O)(=O)c1nnc(NC(=O)c2ccccc2)s1. The molecule has 3 aromatic rings. The first kappa shape index (κ1) is 19.0. The van der Waals surface area contributed by atoms with Crippen LogP contribution in [0.1, 0.15) is 15.9 Å². The van der Waals surface area contributed by atoms with Crippen molar-refractivity contribution in [3.63, 3.8) is 0 Å². The summed E-state index contributed by atoms with van der Waals surface area (Å²) < 4.78 is 32.3. The number of amides is 1. The number of nitrogens with one attached hydrogen (secondary N) is 2. The van der Waals surface area contributed by atoms with E-state index in [0.717, 1.165) is 11.3 Å². The topological polar surface area (TPSA) is 110 Å². The molecule has 8 nitrogen and oxygen atoms in total. The number of ether oxygens (including phenoxy) is 1. The summed E-state index contributed by atoms with van der Waals surface area (Å²) in [6.45, 7) is 0.0393. The average molecular weight is 404 g/mol. The molecule has 0 aliphatic carbocycles. The Bertz CT molecular complexity index is 1040.